The highest BCUT2D eigenvalue weighted by Crippen LogP contribution is 2.61. The molecule has 10 heteroatoms. The normalized spacial score (nSPS) is 28.9. The number of hydrogen-bond acceptors (Lipinski definition) is 7. The van der Waals surface area contributed by atoms with Crippen LogP contribution in [0.25, 0.3) is 11.1 Å². The Labute approximate surface area is 280 Å². The van der Waals surface area contributed by atoms with E-state index in [1.807, 2.05) is 56.6 Å². The van der Waals surface area contributed by atoms with E-state index in [0.717, 1.165) is 41.8 Å². The molecule has 258 valence electrons. The lowest BCUT2D eigenvalue weighted by atomic mass is 9.45. The molecule has 3 aliphatic carbocycles. The van der Waals surface area contributed by atoms with E-state index in [-0.39, 0.29) is 24.6 Å². The number of urea groups is 1. The molecule has 2 unspecified atom stereocenters. The lowest BCUT2D eigenvalue weighted by Gasteiger charge is -2.62. The summed E-state index contributed by atoms with van der Waals surface area (Å²) in [4.78, 5) is 36.6. The quantitative estimate of drug-likeness (QED) is 0.269. The molecule has 1 heterocycles. The van der Waals surface area contributed by atoms with E-state index in [9.17, 15) is 19.8 Å². The molecule has 8 atom stereocenters. The lowest BCUT2D eigenvalue weighted by Crippen LogP contribution is -2.62. The molecule has 3 amide bonds. The van der Waals surface area contributed by atoms with Crippen molar-refractivity contribution >= 4 is 17.6 Å². The van der Waals surface area contributed by atoms with Crippen LogP contribution < -0.4 is 10.6 Å². The van der Waals surface area contributed by atoms with Gasteiger partial charge in [0.2, 0.25) is 5.91 Å². The summed E-state index contributed by atoms with van der Waals surface area (Å²) in [5.41, 5.74) is 3.96. The van der Waals surface area contributed by atoms with Crippen molar-refractivity contribution in [2.45, 2.75) is 77.8 Å². The van der Waals surface area contributed by atoms with Gasteiger partial charge in [-0.2, -0.15) is 5.06 Å². The summed E-state index contributed by atoms with van der Waals surface area (Å²) < 4.78 is 0. The predicted octanol–water partition coefficient (Wildman–Crippen LogP) is 4.43. The van der Waals surface area contributed by atoms with Crippen LogP contribution in [0.15, 0.2) is 48.5 Å². The van der Waals surface area contributed by atoms with E-state index in [0.29, 0.717) is 36.3 Å². The molecular formula is C37H55N5O5. The molecule has 4 aliphatic rings. The van der Waals surface area contributed by atoms with Gasteiger partial charge in [0.25, 0.3) is 0 Å². The number of fused-ring (bicyclic) bond motifs is 2. The average Bonchev–Trinajstić information content (AvgIpc) is 3.40. The zero-order valence-corrected chi connectivity index (χ0v) is 29.1. The number of nitrogens with one attached hydrogen (secondary N) is 2. The van der Waals surface area contributed by atoms with Crippen molar-refractivity contribution in [3.8, 4) is 11.1 Å². The molecule has 4 N–H and O–H groups in total. The largest absolute Gasteiger partial charge is 0.394 e. The van der Waals surface area contributed by atoms with Gasteiger partial charge in [0, 0.05) is 31.2 Å². The van der Waals surface area contributed by atoms with Crippen LogP contribution in [0, 0.1) is 29.1 Å². The third-order valence-electron chi connectivity index (χ3n) is 11.2. The van der Waals surface area contributed by atoms with Crippen molar-refractivity contribution in [1.82, 2.24) is 20.2 Å². The van der Waals surface area contributed by atoms with Crippen LogP contribution in [0.3, 0.4) is 0 Å². The predicted molar refractivity (Wildman–Crippen MR) is 184 cm³/mol. The standard InChI is InChI=1S/C37H55N5O5/c1-23-30-19-28(37(30,3)4)20-31(23)39-35(45)34-33(24(2)44)32(22-43)47-42(34)21-25-10-8-11-27(18-25)26-12-14-29(15-13-26)38-36(46)41(7)17-9-16-40(5)6/h8,10-15,18,23-24,28,30-34,43-44H,9,16-17,19-22H2,1-7H3,(H,38,46)(H,39,45)/t23?,24-,28-,30-,31-,32?,33+,34-/m0/s1. The Kier molecular flexibility index (Phi) is 11.0. The Morgan fingerprint density at radius 3 is 2.40 bits per heavy atom. The summed E-state index contributed by atoms with van der Waals surface area (Å²) in [5.74, 6) is 0.851. The molecule has 10 nitrogen and oxygen atoms in total. The molecule has 2 aromatic carbocycles. The number of aliphatic hydroxyl groups excluding tert-OH is 2. The summed E-state index contributed by atoms with van der Waals surface area (Å²) in [6.45, 7) is 10.2. The topological polar surface area (TPSA) is 118 Å². The number of amides is 3. The van der Waals surface area contributed by atoms with E-state index in [2.05, 4.69) is 42.4 Å². The molecule has 1 saturated heterocycles. The molecule has 3 saturated carbocycles. The van der Waals surface area contributed by atoms with Gasteiger partial charge in [-0.3, -0.25) is 9.63 Å². The van der Waals surface area contributed by atoms with E-state index in [4.69, 9.17) is 4.84 Å². The molecule has 0 aromatic heterocycles. The fourth-order valence-electron chi connectivity index (χ4n) is 8.20. The summed E-state index contributed by atoms with van der Waals surface area (Å²) in [6, 6.07) is 15.0. The SMILES string of the molecule is CC1[C@@H](NC(=O)[C@@H]2[C@H]([C@H](C)O)C(CO)ON2Cc2cccc(-c3ccc(NC(=O)N(C)CCCN(C)C)cc3)c2)C[C@@H]2C[C@@H]1C2(C)C. The van der Waals surface area contributed by atoms with Crippen LogP contribution in [-0.2, 0) is 16.2 Å². The number of hydrogen-bond donors (Lipinski definition) is 4. The fraction of sp³-hybridized carbons (Fsp3) is 0.622. The lowest BCUT2D eigenvalue weighted by molar-refractivity contribution is -0.183. The van der Waals surface area contributed by atoms with E-state index < -0.39 is 24.2 Å². The molecule has 0 spiro atoms. The van der Waals surface area contributed by atoms with Crippen LogP contribution in [0.4, 0.5) is 10.5 Å². The van der Waals surface area contributed by atoms with Crippen LogP contribution in [0.1, 0.15) is 52.5 Å². The highest BCUT2D eigenvalue weighted by Gasteiger charge is 2.57. The van der Waals surface area contributed by atoms with Gasteiger partial charge in [0.15, 0.2) is 0 Å². The summed E-state index contributed by atoms with van der Waals surface area (Å²) in [6.07, 6.45) is 1.57. The van der Waals surface area contributed by atoms with Crippen LogP contribution in [0.2, 0.25) is 0 Å². The number of hydroxylamine groups is 2. The zero-order chi connectivity index (χ0) is 34.0. The van der Waals surface area contributed by atoms with Crippen LogP contribution in [0.5, 0.6) is 0 Å². The first-order chi connectivity index (χ1) is 22.3. The van der Waals surface area contributed by atoms with Gasteiger partial charge in [-0.25, -0.2) is 4.79 Å². The number of carbonyl (C=O) groups is 2. The van der Waals surface area contributed by atoms with Gasteiger partial charge in [0.1, 0.15) is 12.1 Å². The number of anilines is 1. The number of carbonyl (C=O) groups excluding carboxylic acids is 2. The second kappa shape index (κ2) is 14.6. The molecule has 47 heavy (non-hydrogen) atoms. The van der Waals surface area contributed by atoms with Crippen molar-refractivity contribution in [2.24, 2.45) is 29.1 Å². The third-order valence-corrected chi connectivity index (χ3v) is 11.2. The van der Waals surface area contributed by atoms with E-state index in [1.165, 1.54) is 6.42 Å². The smallest absolute Gasteiger partial charge is 0.321 e. The first-order valence-corrected chi connectivity index (χ1v) is 17.2. The van der Waals surface area contributed by atoms with Gasteiger partial charge in [0.05, 0.1) is 19.3 Å². The molecular weight excluding hydrogens is 594 g/mol. The monoisotopic (exact) mass is 649 g/mol. The molecule has 4 fully saturated rings. The number of benzene rings is 2. The summed E-state index contributed by atoms with van der Waals surface area (Å²) in [5, 5.41) is 28.9. The number of rotatable bonds is 12. The van der Waals surface area contributed by atoms with Crippen molar-refractivity contribution in [2.75, 3.05) is 46.2 Å². The average molecular weight is 650 g/mol. The fourth-order valence-corrected chi connectivity index (χ4v) is 8.20. The minimum Gasteiger partial charge on any atom is -0.394 e. The van der Waals surface area contributed by atoms with Crippen molar-refractivity contribution in [3.63, 3.8) is 0 Å². The maximum Gasteiger partial charge on any atom is 0.321 e. The highest BCUT2D eigenvalue weighted by atomic mass is 16.7. The van der Waals surface area contributed by atoms with E-state index in [1.54, 1.807) is 23.9 Å². The number of nitrogens with zero attached hydrogens (tertiary/aromatic N) is 3. The first kappa shape index (κ1) is 35.3. The Balaban J connectivity index is 1.26. The first-order valence-electron chi connectivity index (χ1n) is 17.2. The molecule has 2 bridgehead atoms. The minimum absolute atomic E-state index is 0.0866. The second-order valence-electron chi connectivity index (χ2n) is 15.0. The Bertz CT molecular complexity index is 1380. The number of aliphatic hydroxyl groups is 2. The van der Waals surface area contributed by atoms with Gasteiger partial charge in [-0.05, 0) is 105 Å². The van der Waals surface area contributed by atoms with Crippen LogP contribution in [-0.4, -0.2) is 102 Å². The van der Waals surface area contributed by atoms with Crippen molar-refractivity contribution < 1.29 is 24.6 Å². The van der Waals surface area contributed by atoms with Crippen molar-refractivity contribution in [1.29, 1.82) is 0 Å². The highest BCUT2D eigenvalue weighted by molar-refractivity contribution is 5.89. The molecule has 6 rings (SSSR count). The zero-order valence-electron chi connectivity index (χ0n) is 29.1. The van der Waals surface area contributed by atoms with Gasteiger partial charge >= 0.3 is 6.03 Å². The third kappa shape index (κ3) is 7.67. The van der Waals surface area contributed by atoms with Crippen molar-refractivity contribution in [3.05, 3.63) is 54.1 Å². The second-order valence-corrected chi connectivity index (χ2v) is 15.0. The van der Waals surface area contributed by atoms with Crippen LogP contribution >= 0.6 is 0 Å². The Morgan fingerprint density at radius 1 is 1.06 bits per heavy atom. The van der Waals surface area contributed by atoms with Gasteiger partial charge in [-0.15, -0.1) is 0 Å². The van der Waals surface area contributed by atoms with Gasteiger partial charge in [-0.1, -0.05) is 51.1 Å². The molecule has 2 aromatic rings. The Morgan fingerprint density at radius 2 is 1.79 bits per heavy atom. The summed E-state index contributed by atoms with van der Waals surface area (Å²) >= 11 is 0. The maximum absolute atomic E-state index is 14.0. The maximum atomic E-state index is 14.0. The Hall–Kier alpha value is -3.02. The summed E-state index contributed by atoms with van der Waals surface area (Å²) in [7, 11) is 5.84. The molecule has 1 aliphatic heterocycles. The van der Waals surface area contributed by atoms with Gasteiger partial charge < -0.3 is 30.6 Å². The van der Waals surface area contributed by atoms with E-state index >= 15 is 0 Å². The molecule has 0 radical (unpaired) electrons. The minimum atomic E-state index is -0.841.